The first-order chi connectivity index (χ1) is 10.9. The van der Waals surface area contributed by atoms with Crippen LogP contribution >= 0.6 is 35.3 Å². The van der Waals surface area contributed by atoms with E-state index >= 15 is 0 Å². The number of ether oxygens (including phenoxy) is 1. The molecule has 0 amide bonds. The summed E-state index contributed by atoms with van der Waals surface area (Å²) in [5, 5.41) is 11.1. The lowest BCUT2D eigenvalue weighted by atomic mass is 10.00. The molecule has 0 saturated carbocycles. The molecule has 0 spiro atoms. The Morgan fingerprint density at radius 2 is 2.00 bits per heavy atom. The first kappa shape index (κ1) is 21.7. The van der Waals surface area contributed by atoms with E-state index in [0.717, 1.165) is 32.1 Å². The molecule has 5 nitrogen and oxygen atoms in total. The monoisotopic (exact) mass is 466 g/mol. The number of thiophene rings is 1. The van der Waals surface area contributed by atoms with Gasteiger partial charge in [-0.3, -0.25) is 9.89 Å². The molecule has 0 radical (unpaired) electrons. The van der Waals surface area contributed by atoms with Gasteiger partial charge in [0.25, 0.3) is 0 Å². The van der Waals surface area contributed by atoms with Crippen molar-refractivity contribution in [3.63, 3.8) is 0 Å². The van der Waals surface area contributed by atoms with Crippen molar-refractivity contribution in [2.45, 2.75) is 52.0 Å². The molecule has 2 rings (SSSR count). The van der Waals surface area contributed by atoms with Crippen LogP contribution in [0, 0.1) is 0 Å². The third-order valence-corrected chi connectivity index (χ3v) is 4.96. The Labute approximate surface area is 167 Å². The molecule has 1 saturated heterocycles. The predicted octanol–water partition coefficient (Wildman–Crippen LogP) is 2.92. The summed E-state index contributed by atoms with van der Waals surface area (Å²) >= 11 is 1.72. The van der Waals surface area contributed by atoms with Crippen molar-refractivity contribution in [2.75, 3.05) is 26.7 Å². The van der Waals surface area contributed by atoms with E-state index in [4.69, 9.17) is 4.74 Å². The van der Waals surface area contributed by atoms with E-state index in [0.29, 0.717) is 0 Å². The van der Waals surface area contributed by atoms with E-state index in [1.807, 2.05) is 7.05 Å². The van der Waals surface area contributed by atoms with Crippen LogP contribution in [0.25, 0.3) is 0 Å². The quantitative estimate of drug-likeness (QED) is 0.398. The van der Waals surface area contributed by atoms with Gasteiger partial charge in [-0.25, -0.2) is 0 Å². The van der Waals surface area contributed by atoms with Crippen molar-refractivity contribution in [3.05, 3.63) is 22.4 Å². The van der Waals surface area contributed by atoms with E-state index in [-0.39, 0.29) is 41.7 Å². The lowest BCUT2D eigenvalue weighted by molar-refractivity contribution is -0.0946. The summed E-state index contributed by atoms with van der Waals surface area (Å²) in [5.41, 5.74) is 1.33. The van der Waals surface area contributed by atoms with E-state index in [1.165, 1.54) is 5.56 Å². The number of rotatable bonds is 5. The highest BCUT2D eigenvalue weighted by Gasteiger charge is 2.33. The molecular formula is C17H31IN4OS. The molecule has 2 heterocycles. The van der Waals surface area contributed by atoms with Crippen LogP contribution in [0.15, 0.2) is 21.8 Å². The van der Waals surface area contributed by atoms with Crippen LogP contribution in [0.4, 0.5) is 0 Å². The molecule has 1 aromatic rings. The normalized spacial score (nSPS) is 22.8. The predicted molar refractivity (Wildman–Crippen MR) is 114 cm³/mol. The molecule has 138 valence electrons. The first-order valence-electron chi connectivity index (χ1n) is 8.27. The zero-order valence-corrected chi connectivity index (χ0v) is 18.5. The summed E-state index contributed by atoms with van der Waals surface area (Å²) in [5.74, 6) is 0.846. The zero-order valence-electron chi connectivity index (χ0n) is 15.3. The molecule has 1 fully saturated rings. The first-order valence-corrected chi connectivity index (χ1v) is 9.21. The van der Waals surface area contributed by atoms with Gasteiger partial charge in [-0.05, 0) is 50.1 Å². The summed E-state index contributed by atoms with van der Waals surface area (Å²) in [4.78, 5) is 6.83. The third kappa shape index (κ3) is 6.50. The van der Waals surface area contributed by atoms with Crippen molar-refractivity contribution in [2.24, 2.45) is 4.99 Å². The van der Waals surface area contributed by atoms with Crippen LogP contribution in [0.5, 0.6) is 0 Å². The Kier molecular flexibility index (Phi) is 8.97. The number of morpholine rings is 1. The van der Waals surface area contributed by atoms with Gasteiger partial charge >= 0.3 is 0 Å². The van der Waals surface area contributed by atoms with Gasteiger partial charge in [-0.1, -0.05) is 0 Å². The highest BCUT2D eigenvalue weighted by atomic mass is 127. The van der Waals surface area contributed by atoms with Gasteiger partial charge in [0, 0.05) is 38.8 Å². The minimum Gasteiger partial charge on any atom is -0.373 e. The standard InChI is InChI=1S/C17H30N4OS.HI/c1-13-9-21(10-14(2)22-13)17(3,4)12-20-16(18-5)19-8-15-6-7-23-11-15;/h6-7,11,13-14H,8-10,12H2,1-5H3,(H2,18,19,20);1H. The highest BCUT2D eigenvalue weighted by molar-refractivity contribution is 14.0. The number of nitrogens with zero attached hydrogens (tertiary/aromatic N) is 2. The van der Waals surface area contributed by atoms with Gasteiger partial charge < -0.3 is 15.4 Å². The van der Waals surface area contributed by atoms with Gasteiger partial charge in [-0.15, -0.1) is 24.0 Å². The second kappa shape index (κ2) is 9.94. The molecule has 1 aliphatic rings. The maximum absolute atomic E-state index is 5.84. The summed E-state index contributed by atoms with van der Waals surface area (Å²) < 4.78 is 5.84. The maximum atomic E-state index is 5.84. The van der Waals surface area contributed by atoms with Gasteiger partial charge in [-0.2, -0.15) is 11.3 Å². The van der Waals surface area contributed by atoms with Crippen LogP contribution in [0.1, 0.15) is 33.3 Å². The number of halogens is 1. The summed E-state index contributed by atoms with van der Waals surface area (Å²) in [6, 6.07) is 2.13. The Balaban J connectivity index is 0.00000288. The van der Waals surface area contributed by atoms with E-state index < -0.39 is 0 Å². The number of aliphatic imine (C=N–C) groups is 1. The Hall–Kier alpha value is -0.380. The fourth-order valence-corrected chi connectivity index (χ4v) is 3.55. The van der Waals surface area contributed by atoms with Crippen LogP contribution in [-0.2, 0) is 11.3 Å². The Morgan fingerprint density at radius 1 is 1.33 bits per heavy atom. The minimum absolute atomic E-state index is 0. The topological polar surface area (TPSA) is 48.9 Å². The van der Waals surface area contributed by atoms with Crippen LogP contribution in [0.2, 0.25) is 0 Å². The highest BCUT2D eigenvalue weighted by Crippen LogP contribution is 2.20. The third-order valence-electron chi connectivity index (χ3n) is 4.23. The molecular weight excluding hydrogens is 435 g/mol. The van der Waals surface area contributed by atoms with Crippen molar-refractivity contribution in [1.29, 1.82) is 0 Å². The molecule has 1 aromatic heterocycles. The van der Waals surface area contributed by atoms with Gasteiger partial charge in [0.2, 0.25) is 0 Å². The SMILES string of the molecule is CN=C(NCc1ccsc1)NCC(C)(C)N1CC(C)OC(C)C1.I. The molecule has 0 aromatic carbocycles. The van der Waals surface area contributed by atoms with Crippen molar-refractivity contribution < 1.29 is 4.74 Å². The van der Waals surface area contributed by atoms with Crippen LogP contribution in [0.3, 0.4) is 0 Å². The minimum atomic E-state index is 0. The largest absolute Gasteiger partial charge is 0.373 e. The van der Waals surface area contributed by atoms with E-state index in [9.17, 15) is 0 Å². The van der Waals surface area contributed by atoms with Gasteiger partial charge in [0.05, 0.1) is 12.2 Å². The number of hydrogen-bond acceptors (Lipinski definition) is 4. The van der Waals surface area contributed by atoms with Crippen molar-refractivity contribution >= 4 is 41.3 Å². The molecule has 2 unspecified atom stereocenters. The number of hydrogen-bond donors (Lipinski definition) is 2. The average Bonchev–Trinajstić information content (AvgIpc) is 2.99. The zero-order chi connectivity index (χ0) is 16.9. The molecule has 2 atom stereocenters. The van der Waals surface area contributed by atoms with E-state index in [2.05, 4.69) is 65.0 Å². The Morgan fingerprint density at radius 3 is 2.54 bits per heavy atom. The smallest absolute Gasteiger partial charge is 0.191 e. The summed E-state index contributed by atoms with van der Waals surface area (Å²) in [6.07, 6.45) is 0.572. The van der Waals surface area contributed by atoms with Gasteiger partial charge in [0.1, 0.15) is 0 Å². The number of guanidine groups is 1. The van der Waals surface area contributed by atoms with Gasteiger partial charge in [0.15, 0.2) is 5.96 Å². The molecule has 1 aliphatic heterocycles. The second-order valence-electron chi connectivity index (χ2n) is 6.89. The maximum Gasteiger partial charge on any atom is 0.191 e. The molecule has 0 aliphatic carbocycles. The van der Waals surface area contributed by atoms with Crippen molar-refractivity contribution in [3.8, 4) is 0 Å². The lowest BCUT2D eigenvalue weighted by Gasteiger charge is -2.45. The average molecular weight is 466 g/mol. The van der Waals surface area contributed by atoms with Crippen LogP contribution < -0.4 is 10.6 Å². The lowest BCUT2D eigenvalue weighted by Crippen LogP contribution is -2.59. The molecule has 2 N–H and O–H groups in total. The molecule has 0 bridgehead atoms. The summed E-state index contributed by atoms with van der Waals surface area (Å²) in [7, 11) is 1.81. The summed E-state index contributed by atoms with van der Waals surface area (Å²) in [6.45, 7) is 12.4. The Bertz CT molecular complexity index is 497. The second-order valence-corrected chi connectivity index (χ2v) is 7.67. The molecule has 7 heteroatoms. The fourth-order valence-electron chi connectivity index (χ4n) is 2.88. The van der Waals surface area contributed by atoms with E-state index in [1.54, 1.807) is 11.3 Å². The van der Waals surface area contributed by atoms with Crippen LogP contribution in [-0.4, -0.2) is 55.3 Å². The number of nitrogens with one attached hydrogen (secondary N) is 2. The van der Waals surface area contributed by atoms with Crippen molar-refractivity contribution in [1.82, 2.24) is 15.5 Å². The fraction of sp³-hybridized carbons (Fsp3) is 0.706. The molecule has 24 heavy (non-hydrogen) atoms.